The van der Waals surface area contributed by atoms with Crippen LogP contribution in [-0.4, -0.2) is 6.54 Å². The van der Waals surface area contributed by atoms with Crippen LogP contribution in [0.5, 0.6) is 11.5 Å². The molecule has 2 aromatic carbocycles. The summed E-state index contributed by atoms with van der Waals surface area (Å²) in [5, 5.41) is 3.41. The number of hydrogen-bond donors (Lipinski definition) is 1. The molecule has 0 bridgehead atoms. The molecule has 0 heterocycles. The van der Waals surface area contributed by atoms with Crippen molar-refractivity contribution in [3.8, 4) is 11.5 Å². The van der Waals surface area contributed by atoms with Gasteiger partial charge in [-0.25, -0.2) is 0 Å². The van der Waals surface area contributed by atoms with Crippen molar-refractivity contribution < 1.29 is 4.74 Å². The van der Waals surface area contributed by atoms with E-state index in [4.69, 9.17) is 4.74 Å². The summed E-state index contributed by atoms with van der Waals surface area (Å²) in [6.07, 6.45) is 0. The van der Waals surface area contributed by atoms with Crippen LogP contribution in [0, 0.1) is 0 Å². The Morgan fingerprint density at radius 2 is 1.79 bits per heavy atom. The fourth-order valence-corrected chi connectivity index (χ4v) is 2.24. The first-order chi connectivity index (χ1) is 9.20. The molecule has 0 aliphatic heterocycles. The molecule has 0 saturated carbocycles. The van der Waals surface area contributed by atoms with Gasteiger partial charge in [0.2, 0.25) is 0 Å². The Hall–Kier alpha value is -1.32. The van der Waals surface area contributed by atoms with Gasteiger partial charge in [-0.1, -0.05) is 41.1 Å². The SMILES string of the molecule is CCNC(C)c1ccccc1Oc1ccc(Br)cc1. The summed E-state index contributed by atoms with van der Waals surface area (Å²) >= 11 is 3.42. The van der Waals surface area contributed by atoms with Crippen molar-refractivity contribution in [2.45, 2.75) is 19.9 Å². The number of hydrogen-bond acceptors (Lipinski definition) is 2. The van der Waals surface area contributed by atoms with Crippen molar-refractivity contribution in [3.05, 3.63) is 58.6 Å². The van der Waals surface area contributed by atoms with Gasteiger partial charge in [-0.15, -0.1) is 0 Å². The summed E-state index contributed by atoms with van der Waals surface area (Å²) in [5.74, 6) is 1.75. The highest BCUT2D eigenvalue weighted by Gasteiger charge is 2.10. The smallest absolute Gasteiger partial charge is 0.132 e. The van der Waals surface area contributed by atoms with Crippen molar-refractivity contribution in [1.82, 2.24) is 5.32 Å². The van der Waals surface area contributed by atoms with Gasteiger partial charge in [0.05, 0.1) is 0 Å². The molecule has 0 spiro atoms. The zero-order valence-electron chi connectivity index (χ0n) is 11.2. The highest BCUT2D eigenvalue weighted by atomic mass is 79.9. The zero-order valence-corrected chi connectivity index (χ0v) is 12.8. The van der Waals surface area contributed by atoms with E-state index in [-0.39, 0.29) is 6.04 Å². The molecular formula is C16H18BrNO. The lowest BCUT2D eigenvalue weighted by atomic mass is 10.1. The average molecular weight is 320 g/mol. The van der Waals surface area contributed by atoms with E-state index in [9.17, 15) is 0 Å². The van der Waals surface area contributed by atoms with Gasteiger partial charge in [-0.05, 0) is 43.8 Å². The van der Waals surface area contributed by atoms with Gasteiger partial charge < -0.3 is 10.1 Å². The minimum absolute atomic E-state index is 0.275. The molecule has 0 radical (unpaired) electrons. The predicted octanol–water partition coefficient (Wildman–Crippen LogP) is 4.91. The summed E-state index contributed by atoms with van der Waals surface area (Å²) in [6.45, 7) is 5.19. The molecule has 100 valence electrons. The molecule has 0 amide bonds. The van der Waals surface area contributed by atoms with Gasteiger partial charge >= 0.3 is 0 Å². The van der Waals surface area contributed by atoms with Gasteiger partial charge in [0, 0.05) is 16.1 Å². The maximum absolute atomic E-state index is 5.97. The topological polar surface area (TPSA) is 21.3 Å². The molecule has 2 nitrogen and oxygen atoms in total. The summed E-state index contributed by atoms with van der Waals surface area (Å²) in [4.78, 5) is 0. The first kappa shape index (κ1) is 14.1. The van der Waals surface area contributed by atoms with Gasteiger partial charge in [0.15, 0.2) is 0 Å². The van der Waals surface area contributed by atoms with Crippen LogP contribution in [0.15, 0.2) is 53.0 Å². The van der Waals surface area contributed by atoms with Crippen LogP contribution in [0.25, 0.3) is 0 Å². The predicted molar refractivity (Wildman–Crippen MR) is 82.7 cm³/mol. The number of ether oxygens (including phenoxy) is 1. The molecule has 2 rings (SSSR count). The molecule has 19 heavy (non-hydrogen) atoms. The number of nitrogens with one attached hydrogen (secondary N) is 1. The monoisotopic (exact) mass is 319 g/mol. The number of rotatable bonds is 5. The van der Waals surface area contributed by atoms with E-state index in [0.717, 1.165) is 22.5 Å². The highest BCUT2D eigenvalue weighted by molar-refractivity contribution is 9.10. The zero-order chi connectivity index (χ0) is 13.7. The first-order valence-electron chi connectivity index (χ1n) is 6.46. The van der Waals surface area contributed by atoms with Crippen molar-refractivity contribution in [2.24, 2.45) is 0 Å². The van der Waals surface area contributed by atoms with Crippen molar-refractivity contribution in [3.63, 3.8) is 0 Å². The van der Waals surface area contributed by atoms with E-state index in [1.165, 1.54) is 5.56 Å². The van der Waals surface area contributed by atoms with Gasteiger partial charge in [0.1, 0.15) is 11.5 Å². The van der Waals surface area contributed by atoms with E-state index < -0.39 is 0 Å². The van der Waals surface area contributed by atoms with E-state index in [0.29, 0.717) is 0 Å². The molecular weight excluding hydrogens is 302 g/mol. The van der Waals surface area contributed by atoms with Crippen LogP contribution >= 0.6 is 15.9 Å². The Morgan fingerprint density at radius 3 is 2.47 bits per heavy atom. The van der Waals surface area contributed by atoms with Crippen LogP contribution in [0.3, 0.4) is 0 Å². The molecule has 0 saturated heterocycles. The third-order valence-electron chi connectivity index (χ3n) is 2.94. The van der Waals surface area contributed by atoms with Gasteiger partial charge in [-0.2, -0.15) is 0 Å². The normalized spacial score (nSPS) is 12.2. The molecule has 0 aliphatic carbocycles. The lowest BCUT2D eigenvalue weighted by molar-refractivity contribution is 0.463. The highest BCUT2D eigenvalue weighted by Crippen LogP contribution is 2.29. The summed E-state index contributed by atoms with van der Waals surface area (Å²) in [5.41, 5.74) is 1.17. The third kappa shape index (κ3) is 3.82. The minimum Gasteiger partial charge on any atom is -0.457 e. The molecule has 1 unspecified atom stereocenters. The Balaban J connectivity index is 2.22. The van der Waals surface area contributed by atoms with Crippen LogP contribution in [0.4, 0.5) is 0 Å². The summed E-state index contributed by atoms with van der Waals surface area (Å²) in [7, 11) is 0. The Morgan fingerprint density at radius 1 is 1.11 bits per heavy atom. The standard InChI is InChI=1S/C16H18BrNO/c1-3-18-12(2)15-6-4-5-7-16(15)19-14-10-8-13(17)9-11-14/h4-12,18H,3H2,1-2H3. The van der Waals surface area contributed by atoms with Crippen LogP contribution in [0.2, 0.25) is 0 Å². The van der Waals surface area contributed by atoms with Gasteiger partial charge in [0.25, 0.3) is 0 Å². The maximum Gasteiger partial charge on any atom is 0.132 e. The second kappa shape index (κ2) is 6.73. The van der Waals surface area contributed by atoms with E-state index in [2.05, 4.69) is 41.2 Å². The Labute approximate surface area is 122 Å². The van der Waals surface area contributed by atoms with E-state index in [1.54, 1.807) is 0 Å². The second-order valence-corrected chi connectivity index (χ2v) is 5.29. The fourth-order valence-electron chi connectivity index (χ4n) is 1.98. The molecule has 0 fully saturated rings. The van der Waals surface area contributed by atoms with Gasteiger partial charge in [-0.3, -0.25) is 0 Å². The molecule has 2 aromatic rings. The quantitative estimate of drug-likeness (QED) is 0.845. The van der Waals surface area contributed by atoms with E-state index in [1.807, 2.05) is 42.5 Å². The lowest BCUT2D eigenvalue weighted by Gasteiger charge is -2.17. The van der Waals surface area contributed by atoms with Crippen molar-refractivity contribution in [2.75, 3.05) is 6.54 Å². The van der Waals surface area contributed by atoms with Crippen LogP contribution in [0.1, 0.15) is 25.5 Å². The number of halogens is 1. The largest absolute Gasteiger partial charge is 0.457 e. The molecule has 0 aromatic heterocycles. The van der Waals surface area contributed by atoms with Crippen LogP contribution < -0.4 is 10.1 Å². The molecule has 3 heteroatoms. The van der Waals surface area contributed by atoms with Crippen molar-refractivity contribution >= 4 is 15.9 Å². The summed E-state index contributed by atoms with van der Waals surface area (Å²) < 4.78 is 7.02. The summed E-state index contributed by atoms with van der Waals surface area (Å²) in [6, 6.07) is 16.3. The van der Waals surface area contributed by atoms with E-state index >= 15 is 0 Å². The fraction of sp³-hybridized carbons (Fsp3) is 0.250. The second-order valence-electron chi connectivity index (χ2n) is 4.37. The molecule has 0 aliphatic rings. The van der Waals surface area contributed by atoms with Crippen LogP contribution in [-0.2, 0) is 0 Å². The maximum atomic E-state index is 5.97. The number of benzene rings is 2. The Kier molecular flexibility index (Phi) is 5.00. The average Bonchev–Trinajstić information content (AvgIpc) is 2.42. The lowest BCUT2D eigenvalue weighted by Crippen LogP contribution is -2.18. The molecule has 1 N–H and O–H groups in total. The minimum atomic E-state index is 0.275. The molecule has 1 atom stereocenters. The van der Waals surface area contributed by atoms with Crippen molar-refractivity contribution in [1.29, 1.82) is 0 Å². The Bertz CT molecular complexity index is 525. The third-order valence-corrected chi connectivity index (χ3v) is 3.47. The first-order valence-corrected chi connectivity index (χ1v) is 7.25. The number of para-hydroxylation sites is 1.